The highest BCUT2D eigenvalue weighted by Gasteiger charge is 2.22. The van der Waals surface area contributed by atoms with Gasteiger partial charge in [0.05, 0.1) is 22.8 Å². The summed E-state index contributed by atoms with van der Waals surface area (Å²) in [5.41, 5.74) is 17.7. The molecule has 2 aliphatic heterocycles. The summed E-state index contributed by atoms with van der Waals surface area (Å²) in [7, 11) is 0. The number of fused-ring (bicyclic) bond motifs is 8. The van der Waals surface area contributed by atoms with Crippen LogP contribution < -0.4 is 20.2 Å². The van der Waals surface area contributed by atoms with E-state index < -0.39 is 0 Å². The summed E-state index contributed by atoms with van der Waals surface area (Å²) in [6.07, 6.45) is 84.0. The van der Waals surface area contributed by atoms with Crippen LogP contribution in [0.2, 0.25) is 0 Å². The molecule has 0 saturated heterocycles. The molecule has 0 unspecified atom stereocenters. The van der Waals surface area contributed by atoms with E-state index in [1.54, 1.807) is 12.1 Å². The van der Waals surface area contributed by atoms with Crippen LogP contribution in [-0.4, -0.2) is 46.1 Å². The molecule has 3 aromatic heterocycles. The maximum absolute atomic E-state index is 11.1. The molecule has 2 N–H and O–H groups in total. The third-order valence-electron chi connectivity index (χ3n) is 27.7. The number of nitrogens with one attached hydrogen (secondary N) is 2. The molecule has 0 atom stereocenters. The number of benzene rings is 5. The van der Waals surface area contributed by atoms with Gasteiger partial charge in [0, 0.05) is 92.7 Å². The highest BCUT2D eigenvalue weighted by Crippen LogP contribution is 2.38. The number of anilines is 2. The largest absolute Gasteiger partial charge is 0.372 e. The third kappa shape index (κ3) is 37.5. The molecule has 0 aliphatic carbocycles. The van der Waals surface area contributed by atoms with Crippen LogP contribution >= 0.6 is 0 Å². The van der Waals surface area contributed by atoms with Crippen LogP contribution in [0, 0.1) is 57.2 Å². The predicted molar refractivity (Wildman–Crippen MR) is 575 cm³/mol. The molecule has 5 aromatic carbocycles. The summed E-state index contributed by atoms with van der Waals surface area (Å²) in [4.78, 5) is 23.4. The summed E-state index contributed by atoms with van der Waals surface area (Å²) >= 11 is 0. The SMILES string of the molecule is CCCCCCCCCCCCCCCCN(CCCCCCCCCCCCCCCC)c1ccc(C#Cc2ccc(-c3c4nc(cc5ccc([nH]5)c(-c5ccc(C(=C(C#N)C#N)C(c6ccc(N(CCCCCCCCCCCCCCCC)CCCCCCCCCCCCCCCC)cc6)=c6ccc(=C(C#N)C#N)cc6)cc5)c5nc(cc6ccc3[nH]6)C=C5)C=C4)cc2)cc1. The Kier molecular flexibility index (Phi) is 50.6. The molecular weight excluding hydrogens is 1630 g/mol. The van der Waals surface area contributed by atoms with Gasteiger partial charge < -0.3 is 19.8 Å². The first-order chi connectivity index (χ1) is 66.2. The van der Waals surface area contributed by atoms with E-state index in [0.717, 1.165) is 134 Å². The molecule has 8 bridgehead atoms. The normalized spacial score (nSPS) is 11.4. The van der Waals surface area contributed by atoms with Crippen LogP contribution in [0.1, 0.15) is 432 Å². The fourth-order valence-corrected chi connectivity index (χ4v) is 19.6. The Labute approximate surface area is 810 Å². The molecule has 0 spiro atoms. The number of hydrogen-bond donors (Lipinski definition) is 2. The Balaban J connectivity index is 0.849. The molecule has 0 radical (unpaired) electrons. The first-order valence-electron chi connectivity index (χ1n) is 54.0. The molecular formula is C124H164N10. The summed E-state index contributed by atoms with van der Waals surface area (Å²) in [6, 6.07) is 63.2. The minimum absolute atomic E-state index is 0.00853. The lowest BCUT2D eigenvalue weighted by Gasteiger charge is -2.26. The van der Waals surface area contributed by atoms with Gasteiger partial charge in [-0.1, -0.05) is 446 Å². The van der Waals surface area contributed by atoms with Crippen LogP contribution in [-0.2, 0) is 0 Å². The molecule has 10 nitrogen and oxygen atoms in total. The van der Waals surface area contributed by atoms with Crippen molar-refractivity contribution < 1.29 is 0 Å². The molecule has 0 amide bonds. The first kappa shape index (κ1) is 105. The van der Waals surface area contributed by atoms with Gasteiger partial charge in [-0.25, -0.2) is 9.97 Å². The second-order valence-corrected chi connectivity index (χ2v) is 38.6. The fraction of sp³-hybridized carbons (Fsp3) is 0.516. The number of aromatic amines is 2. The maximum Gasteiger partial charge on any atom is 0.138 e. The van der Waals surface area contributed by atoms with Crippen molar-refractivity contribution in [2.24, 2.45) is 0 Å². The van der Waals surface area contributed by atoms with E-state index in [0.29, 0.717) is 21.9 Å². The molecule has 10 rings (SSSR count). The summed E-state index contributed by atoms with van der Waals surface area (Å²) in [6.45, 7) is 13.4. The van der Waals surface area contributed by atoms with E-state index in [4.69, 9.17) is 9.97 Å². The molecule has 2 aliphatic rings. The number of nitrogens with zero attached hydrogens (tertiary/aromatic N) is 8. The van der Waals surface area contributed by atoms with Gasteiger partial charge in [-0.2, -0.15) is 21.0 Å². The number of rotatable bonds is 67. The molecule has 10 heteroatoms. The van der Waals surface area contributed by atoms with Crippen LogP contribution in [0.5, 0.6) is 0 Å². The van der Waals surface area contributed by atoms with Crippen LogP contribution in [0.4, 0.5) is 11.4 Å². The van der Waals surface area contributed by atoms with Gasteiger partial charge in [0.15, 0.2) is 0 Å². The van der Waals surface area contributed by atoms with Gasteiger partial charge in [-0.3, -0.25) is 0 Å². The van der Waals surface area contributed by atoms with Crippen LogP contribution in [0.25, 0.3) is 85.3 Å². The lowest BCUT2D eigenvalue weighted by atomic mass is 9.86. The second-order valence-electron chi connectivity index (χ2n) is 38.6. The minimum Gasteiger partial charge on any atom is -0.372 e. The highest BCUT2D eigenvalue weighted by atomic mass is 15.1. The fourth-order valence-electron chi connectivity index (χ4n) is 19.6. The maximum atomic E-state index is 11.1. The monoisotopic (exact) mass is 1790 g/mol. The van der Waals surface area contributed by atoms with Gasteiger partial charge >= 0.3 is 0 Å². The van der Waals surface area contributed by atoms with E-state index in [2.05, 4.69) is 229 Å². The second kappa shape index (κ2) is 64.3. The van der Waals surface area contributed by atoms with Gasteiger partial charge in [-0.05, 0) is 168 Å². The zero-order valence-electron chi connectivity index (χ0n) is 83.3. The van der Waals surface area contributed by atoms with E-state index in [-0.39, 0.29) is 11.1 Å². The number of H-pyrrole nitrogens is 2. The van der Waals surface area contributed by atoms with Gasteiger partial charge in [0.25, 0.3) is 0 Å². The van der Waals surface area contributed by atoms with Gasteiger partial charge in [-0.15, -0.1) is 0 Å². The van der Waals surface area contributed by atoms with Gasteiger partial charge in [0.2, 0.25) is 0 Å². The minimum atomic E-state index is -0.0347. The Bertz CT molecular complexity index is 5260. The van der Waals surface area contributed by atoms with E-state index >= 15 is 0 Å². The van der Waals surface area contributed by atoms with Crippen molar-refractivity contribution in [3.8, 4) is 58.4 Å². The van der Waals surface area contributed by atoms with E-state index in [1.807, 2.05) is 24.3 Å². The Hall–Kier alpha value is -10.7. The van der Waals surface area contributed by atoms with Crippen molar-refractivity contribution >= 4 is 74.5 Å². The Morgan fingerprint density at radius 2 is 0.552 bits per heavy atom. The third-order valence-corrected chi connectivity index (χ3v) is 27.7. The van der Waals surface area contributed by atoms with Crippen molar-refractivity contribution in [2.75, 3.05) is 36.0 Å². The van der Waals surface area contributed by atoms with E-state index in [1.165, 1.54) is 352 Å². The number of nitriles is 4. The average molecular weight is 1790 g/mol. The number of unbranched alkanes of at least 4 members (excludes halogenated alkanes) is 52. The summed E-state index contributed by atoms with van der Waals surface area (Å²) < 4.78 is 0. The number of hydrogen-bond acceptors (Lipinski definition) is 8. The quantitative estimate of drug-likeness (QED) is 0.0217. The molecule has 8 aromatic rings. The van der Waals surface area contributed by atoms with Crippen molar-refractivity contribution in [2.45, 2.75) is 387 Å². The van der Waals surface area contributed by atoms with Crippen LogP contribution in [0.3, 0.4) is 0 Å². The smallest absolute Gasteiger partial charge is 0.138 e. The summed E-state index contributed by atoms with van der Waals surface area (Å²) in [5, 5.41) is 43.3. The van der Waals surface area contributed by atoms with Gasteiger partial charge in [0.1, 0.15) is 35.4 Å². The number of allylic oxidation sites excluding steroid dienone is 2. The Morgan fingerprint density at radius 3 is 0.858 bits per heavy atom. The van der Waals surface area contributed by atoms with Crippen molar-refractivity contribution in [1.82, 2.24) is 19.9 Å². The molecule has 134 heavy (non-hydrogen) atoms. The zero-order valence-corrected chi connectivity index (χ0v) is 83.3. The molecule has 5 heterocycles. The average Bonchev–Trinajstić information content (AvgIpc) is 1.09. The molecule has 710 valence electrons. The van der Waals surface area contributed by atoms with Crippen LogP contribution in [0.15, 0.2) is 163 Å². The van der Waals surface area contributed by atoms with Crippen molar-refractivity contribution in [1.29, 1.82) is 21.0 Å². The highest BCUT2D eigenvalue weighted by molar-refractivity contribution is 6.08. The summed E-state index contributed by atoms with van der Waals surface area (Å²) in [5.74, 6) is 7.03. The van der Waals surface area contributed by atoms with Crippen molar-refractivity contribution in [3.05, 3.63) is 219 Å². The topological polar surface area (TPSA) is 159 Å². The Morgan fingerprint density at radius 1 is 0.276 bits per heavy atom. The van der Waals surface area contributed by atoms with E-state index in [9.17, 15) is 21.0 Å². The standard InChI is InChI=1S/C124H164N10/c1-5-9-13-17-21-25-29-33-37-41-45-49-53-57-91-133(92-58-54-50-46-42-38-34-30-26-22-18-14-10-6-2)115-83-65-102(66-84-115)62-61-101-63-67-107(68-64-101)123-117-87-79-111(129-117)95-113-81-89-119(131-113)124(120-90-82-114(132-120)96-112-80-88-118(123)130-112)108-75-73-105(74-76-108)122(110(99-127)100-128)121(104-71-69-103(70-72-104)109(97-125)98-126)106-77-85-116(86-78-106)134(93-59-55-51-47-43-39-35-31-27-23-19-15-11-7-3)94-60-56-52-48-44-40-36-32-28-24-20-16-12-8-4/h63-90,95-96,129,132H,5-60,91-94H2,1-4H3. The predicted octanol–water partition coefficient (Wildman–Crippen LogP) is 34.8. The molecule has 0 saturated carbocycles. The number of aromatic nitrogens is 4. The lowest BCUT2D eigenvalue weighted by molar-refractivity contribution is 0.529. The molecule has 0 fully saturated rings. The first-order valence-corrected chi connectivity index (χ1v) is 54.0. The zero-order chi connectivity index (χ0) is 93.7. The lowest BCUT2D eigenvalue weighted by Crippen LogP contribution is -2.25. The van der Waals surface area contributed by atoms with Crippen molar-refractivity contribution in [3.63, 3.8) is 0 Å².